The van der Waals surface area contributed by atoms with E-state index in [1.54, 1.807) is 24.3 Å². The van der Waals surface area contributed by atoms with E-state index in [4.69, 9.17) is 37.4 Å². The van der Waals surface area contributed by atoms with Gasteiger partial charge in [0.05, 0.1) is 31.9 Å². The molecule has 1 aromatic heterocycles. The molecule has 0 radical (unpaired) electrons. The van der Waals surface area contributed by atoms with Crippen LogP contribution in [0.15, 0.2) is 73.1 Å². The Morgan fingerprint density at radius 2 is 1.66 bits per heavy atom. The number of halogens is 5. The van der Waals surface area contributed by atoms with Crippen LogP contribution in [-0.4, -0.2) is 67.2 Å². The van der Waals surface area contributed by atoms with Gasteiger partial charge < -0.3 is 19.3 Å². The van der Waals surface area contributed by atoms with Gasteiger partial charge in [0, 0.05) is 28.4 Å². The van der Waals surface area contributed by atoms with Crippen molar-refractivity contribution in [2.45, 2.75) is 44.0 Å². The van der Waals surface area contributed by atoms with Crippen molar-refractivity contribution in [3.8, 4) is 11.5 Å². The van der Waals surface area contributed by atoms with Gasteiger partial charge in [-0.2, -0.15) is 13.2 Å². The van der Waals surface area contributed by atoms with Crippen LogP contribution in [0.25, 0.3) is 0 Å². The van der Waals surface area contributed by atoms with E-state index in [0.717, 1.165) is 43.0 Å². The first-order chi connectivity index (χ1) is 25.3. The van der Waals surface area contributed by atoms with Crippen molar-refractivity contribution in [2.75, 3.05) is 38.8 Å². The standard InChI is InChI=1S/C38H36Cl2F3N3O7/c1-51-32-10-9-23(15-33(32)52-2)28(17-29-30(39)19-45(50)20-31(29)40)35-24(5-3-8-27(35)36(47)48)18-46(26-7-4-6-25(16-26)38(41,42)43)37(49)53-34-21-44-13-11-22(34)12-14-44/h3-10,15-16,19-20,22,28,34H,11-14,17-18,21H2,1-2H3,(H-,47,48,50)/p+1/t28-,34-/m0/s1. The smallest absolute Gasteiger partial charge is 0.416 e. The van der Waals surface area contributed by atoms with Crippen LogP contribution < -0.4 is 19.1 Å². The molecule has 7 rings (SSSR count). The van der Waals surface area contributed by atoms with E-state index in [9.17, 15) is 33.1 Å². The Labute approximate surface area is 313 Å². The topological polar surface area (TPSA) is 113 Å². The number of anilines is 1. The molecule has 3 saturated heterocycles. The summed E-state index contributed by atoms with van der Waals surface area (Å²) >= 11 is 13.2. The third-order valence-corrected chi connectivity index (χ3v) is 10.6. The van der Waals surface area contributed by atoms with E-state index in [1.165, 1.54) is 50.9 Å². The number of hydrogen-bond donors (Lipinski definition) is 2. The molecule has 2 atom stereocenters. The minimum atomic E-state index is -4.70. The molecule has 0 saturated carbocycles. The zero-order valence-corrected chi connectivity index (χ0v) is 30.3. The number of carboxylic acid groups (broad SMARTS) is 1. The number of methoxy groups -OCH3 is 2. The van der Waals surface area contributed by atoms with Gasteiger partial charge in [-0.3, -0.25) is 15.0 Å². The first-order valence-corrected chi connectivity index (χ1v) is 17.6. The number of piperidine rings is 3. The van der Waals surface area contributed by atoms with Gasteiger partial charge in [0.25, 0.3) is 0 Å². The number of benzene rings is 3. The Morgan fingerprint density at radius 1 is 0.981 bits per heavy atom. The second kappa shape index (κ2) is 15.7. The first-order valence-electron chi connectivity index (χ1n) is 16.8. The number of rotatable bonds is 11. The van der Waals surface area contributed by atoms with E-state index >= 15 is 0 Å². The molecule has 10 nitrogen and oxygen atoms in total. The molecule has 4 aromatic rings. The van der Waals surface area contributed by atoms with Crippen LogP contribution in [-0.2, 0) is 23.9 Å². The maximum absolute atomic E-state index is 14.2. The van der Waals surface area contributed by atoms with Gasteiger partial charge in [-0.05, 0) is 91.4 Å². The molecule has 15 heteroatoms. The van der Waals surface area contributed by atoms with Crippen molar-refractivity contribution in [1.82, 2.24) is 4.90 Å². The number of carboxylic acids is 1. The minimum Gasteiger partial charge on any atom is -0.493 e. The van der Waals surface area contributed by atoms with Crippen molar-refractivity contribution < 1.29 is 52.0 Å². The third kappa shape index (κ3) is 8.27. The fraction of sp³-hybridized carbons (Fsp3) is 0.342. The van der Waals surface area contributed by atoms with Gasteiger partial charge >= 0.3 is 18.2 Å². The average molecular weight is 776 g/mol. The summed E-state index contributed by atoms with van der Waals surface area (Å²) in [6, 6.07) is 14.0. The van der Waals surface area contributed by atoms with E-state index in [2.05, 4.69) is 4.90 Å². The molecule has 2 N–H and O–H groups in total. The zero-order valence-electron chi connectivity index (χ0n) is 28.8. The Hall–Kier alpha value is -4.72. The van der Waals surface area contributed by atoms with Crippen molar-refractivity contribution >= 4 is 41.0 Å². The van der Waals surface area contributed by atoms with Crippen molar-refractivity contribution in [3.63, 3.8) is 0 Å². The molecule has 3 aliphatic rings. The SMILES string of the molecule is COc1ccc([C@H](Cc2c(Cl)c[n+](O)cc2Cl)c2c(CN(C(=O)O[C@H]3CN4CCC3CC4)c3cccc(C(F)(F)F)c3)cccc2C(=O)O)cc1OC. The second-order valence-corrected chi connectivity index (χ2v) is 13.9. The predicted octanol–water partition coefficient (Wildman–Crippen LogP) is 7.86. The number of aromatic nitrogens is 1. The second-order valence-electron chi connectivity index (χ2n) is 13.1. The summed E-state index contributed by atoms with van der Waals surface area (Å²) in [5.74, 6) is -1.26. The molecule has 1 amide bonds. The number of carbonyl (C=O) groups is 2. The number of carbonyl (C=O) groups excluding carboxylic acids is 1. The van der Waals surface area contributed by atoms with Crippen molar-refractivity contribution in [1.29, 1.82) is 0 Å². The van der Waals surface area contributed by atoms with Gasteiger partial charge in [0.1, 0.15) is 16.1 Å². The number of nitrogens with zero attached hydrogens (tertiary/aromatic N) is 3. The number of amides is 1. The highest BCUT2D eigenvalue weighted by Gasteiger charge is 2.39. The number of aromatic carboxylic acids is 1. The Balaban J connectivity index is 1.51. The zero-order chi connectivity index (χ0) is 38.0. The molecule has 3 aromatic carbocycles. The van der Waals surface area contributed by atoms with Crippen LogP contribution in [0.1, 0.15) is 56.9 Å². The number of ether oxygens (including phenoxy) is 3. The van der Waals surface area contributed by atoms with Gasteiger partial charge in [0.2, 0.25) is 12.4 Å². The fourth-order valence-corrected chi connectivity index (χ4v) is 7.87. The Morgan fingerprint density at radius 3 is 2.26 bits per heavy atom. The molecule has 4 heterocycles. The number of alkyl halides is 3. The predicted molar refractivity (Wildman–Crippen MR) is 189 cm³/mol. The monoisotopic (exact) mass is 774 g/mol. The third-order valence-electron chi connectivity index (χ3n) is 9.94. The lowest BCUT2D eigenvalue weighted by molar-refractivity contribution is -0.904. The first kappa shape index (κ1) is 38.0. The van der Waals surface area contributed by atoms with E-state index in [0.29, 0.717) is 39.5 Å². The normalized spacial score (nSPS) is 18.7. The molecule has 0 spiro atoms. The summed E-state index contributed by atoms with van der Waals surface area (Å²) in [7, 11) is 2.92. The Kier molecular flexibility index (Phi) is 11.3. The molecular weight excluding hydrogens is 738 g/mol. The lowest BCUT2D eigenvalue weighted by atomic mass is 9.80. The van der Waals surface area contributed by atoms with Crippen molar-refractivity contribution in [2.24, 2.45) is 5.92 Å². The molecule has 3 aliphatic heterocycles. The summed E-state index contributed by atoms with van der Waals surface area (Å²) in [5, 5.41) is 20.8. The Bertz CT molecular complexity index is 1980. The van der Waals surface area contributed by atoms with Crippen LogP contribution >= 0.6 is 23.2 Å². The maximum Gasteiger partial charge on any atom is 0.416 e. The van der Waals surface area contributed by atoms with Gasteiger partial charge in [-0.15, -0.1) is 0 Å². The van der Waals surface area contributed by atoms with Gasteiger partial charge in [-0.25, -0.2) is 9.59 Å². The molecular formula is C38H37Cl2F3N3O7+. The highest BCUT2D eigenvalue weighted by atomic mass is 35.5. The highest BCUT2D eigenvalue weighted by molar-refractivity contribution is 6.35. The van der Waals surface area contributed by atoms with Gasteiger partial charge in [-0.1, -0.05) is 47.5 Å². The van der Waals surface area contributed by atoms with Crippen LogP contribution in [0.4, 0.5) is 23.7 Å². The lowest BCUT2D eigenvalue weighted by Gasteiger charge is -2.44. The van der Waals surface area contributed by atoms with Crippen molar-refractivity contribution in [3.05, 3.63) is 116 Å². The molecule has 280 valence electrons. The van der Waals surface area contributed by atoms with Crippen LogP contribution in [0.3, 0.4) is 0 Å². The summed E-state index contributed by atoms with van der Waals surface area (Å²) in [4.78, 5) is 30.5. The largest absolute Gasteiger partial charge is 0.493 e. The molecule has 2 bridgehead atoms. The van der Waals surface area contributed by atoms with Crippen LogP contribution in [0.2, 0.25) is 10.0 Å². The summed E-state index contributed by atoms with van der Waals surface area (Å²) in [6.45, 7) is 1.92. The molecule has 0 aliphatic carbocycles. The fourth-order valence-electron chi connectivity index (χ4n) is 7.26. The van der Waals surface area contributed by atoms with E-state index in [1.807, 2.05) is 0 Å². The summed E-state index contributed by atoms with van der Waals surface area (Å²) in [6.07, 6.45) is -1.89. The van der Waals surface area contributed by atoms with Crippen LogP contribution in [0, 0.1) is 5.92 Å². The number of hydrogen-bond acceptors (Lipinski definition) is 7. The number of fused-ring (bicyclic) bond motifs is 3. The van der Waals surface area contributed by atoms with E-state index in [-0.39, 0.29) is 45.7 Å². The minimum absolute atomic E-state index is 0.00111. The quantitative estimate of drug-likeness (QED) is 0.117. The number of pyridine rings is 1. The molecule has 0 unspecified atom stereocenters. The highest BCUT2D eigenvalue weighted by Crippen LogP contribution is 2.41. The van der Waals surface area contributed by atoms with Gasteiger partial charge in [0.15, 0.2) is 11.5 Å². The summed E-state index contributed by atoms with van der Waals surface area (Å²) in [5.41, 5.74) is 0.306. The molecule has 3 fully saturated rings. The van der Waals surface area contributed by atoms with Crippen LogP contribution in [0.5, 0.6) is 11.5 Å². The van der Waals surface area contributed by atoms with E-state index < -0.39 is 35.8 Å². The lowest BCUT2D eigenvalue weighted by Crippen LogP contribution is -2.53. The summed E-state index contributed by atoms with van der Waals surface area (Å²) < 4.78 is 59.7. The maximum atomic E-state index is 14.2. The average Bonchev–Trinajstić information content (AvgIpc) is 3.13. The molecule has 53 heavy (non-hydrogen) atoms.